The van der Waals surface area contributed by atoms with E-state index >= 15 is 0 Å². The lowest BCUT2D eigenvalue weighted by atomic mass is 10.3. The van der Waals surface area contributed by atoms with Gasteiger partial charge in [0.2, 0.25) is 5.89 Å². The zero-order chi connectivity index (χ0) is 13.1. The van der Waals surface area contributed by atoms with Crippen LogP contribution in [0.5, 0.6) is 0 Å². The molecule has 2 aromatic heterocycles. The minimum Gasteiger partial charge on any atom is -0.444 e. The molecule has 3 N–H and O–H groups in total. The van der Waals surface area contributed by atoms with E-state index in [1.54, 1.807) is 20.0 Å². The number of amides is 1. The Morgan fingerprint density at radius 2 is 2.11 bits per heavy atom. The van der Waals surface area contributed by atoms with E-state index < -0.39 is 0 Å². The molecule has 1 unspecified atom stereocenters. The van der Waals surface area contributed by atoms with Crippen LogP contribution in [0.4, 0.5) is 5.82 Å². The van der Waals surface area contributed by atoms with Crippen molar-refractivity contribution in [3.05, 3.63) is 35.9 Å². The summed E-state index contributed by atoms with van der Waals surface area (Å²) in [4.78, 5) is 23.5. The molecule has 0 bridgehead atoms. The first-order valence-corrected chi connectivity index (χ1v) is 5.37. The van der Waals surface area contributed by atoms with Gasteiger partial charge in [-0.1, -0.05) is 0 Å². The van der Waals surface area contributed by atoms with E-state index in [-0.39, 0.29) is 23.5 Å². The molecular weight excluding hydrogens is 234 g/mol. The van der Waals surface area contributed by atoms with Gasteiger partial charge in [-0.25, -0.2) is 15.0 Å². The predicted molar refractivity (Wildman–Crippen MR) is 63.6 cm³/mol. The predicted octanol–water partition coefficient (Wildman–Crippen LogP) is 0.846. The Morgan fingerprint density at radius 1 is 1.33 bits per heavy atom. The largest absolute Gasteiger partial charge is 0.444 e. The molecule has 7 heteroatoms. The lowest BCUT2D eigenvalue weighted by Gasteiger charge is -2.09. The number of anilines is 1. The van der Waals surface area contributed by atoms with Gasteiger partial charge in [0.05, 0.1) is 18.6 Å². The molecule has 0 radical (unpaired) electrons. The molecule has 0 fully saturated rings. The molecule has 1 atom stereocenters. The maximum absolute atomic E-state index is 11.8. The highest BCUT2D eigenvalue weighted by atomic mass is 16.4. The van der Waals surface area contributed by atoms with E-state index in [4.69, 9.17) is 10.2 Å². The van der Waals surface area contributed by atoms with Gasteiger partial charge in [-0.2, -0.15) is 0 Å². The van der Waals surface area contributed by atoms with Crippen LogP contribution in [0.2, 0.25) is 0 Å². The molecule has 2 rings (SSSR count). The zero-order valence-electron chi connectivity index (χ0n) is 10.0. The molecule has 0 aliphatic carbocycles. The molecule has 0 spiro atoms. The summed E-state index contributed by atoms with van der Waals surface area (Å²) < 4.78 is 5.32. The third-order valence-electron chi connectivity index (χ3n) is 2.26. The first-order valence-electron chi connectivity index (χ1n) is 5.37. The van der Waals surface area contributed by atoms with Crippen LogP contribution in [0.1, 0.15) is 35.1 Å². The van der Waals surface area contributed by atoms with Gasteiger partial charge in [0, 0.05) is 0 Å². The van der Waals surface area contributed by atoms with Crippen molar-refractivity contribution in [1.82, 2.24) is 20.3 Å². The minimum absolute atomic E-state index is 0.194. The zero-order valence-corrected chi connectivity index (χ0v) is 10.0. The normalized spacial score (nSPS) is 12.1. The number of aromatic nitrogens is 3. The van der Waals surface area contributed by atoms with Gasteiger partial charge in [-0.15, -0.1) is 0 Å². The molecule has 2 aromatic rings. The van der Waals surface area contributed by atoms with Crippen molar-refractivity contribution in [3.8, 4) is 0 Å². The van der Waals surface area contributed by atoms with Crippen LogP contribution in [0, 0.1) is 6.92 Å². The number of aryl methyl sites for hydroxylation is 1. The highest BCUT2D eigenvalue weighted by Crippen LogP contribution is 2.12. The monoisotopic (exact) mass is 247 g/mol. The Bertz CT molecular complexity index is 549. The van der Waals surface area contributed by atoms with Gasteiger partial charge in [0.15, 0.2) is 0 Å². The number of nitrogens with one attached hydrogen (secondary N) is 1. The maximum Gasteiger partial charge on any atom is 0.272 e. The number of hydrogen-bond acceptors (Lipinski definition) is 6. The van der Waals surface area contributed by atoms with Crippen molar-refractivity contribution < 1.29 is 9.21 Å². The molecule has 7 nitrogen and oxygen atoms in total. The molecule has 0 saturated heterocycles. The SMILES string of the molecule is Cc1cnc(C(C)NC(=O)c2cnc(N)cn2)o1. The van der Waals surface area contributed by atoms with Crippen LogP contribution in [0.25, 0.3) is 0 Å². The van der Waals surface area contributed by atoms with Gasteiger partial charge in [-0.3, -0.25) is 4.79 Å². The lowest BCUT2D eigenvalue weighted by molar-refractivity contribution is 0.0928. The summed E-state index contributed by atoms with van der Waals surface area (Å²) in [5.41, 5.74) is 5.59. The number of oxazole rings is 1. The molecule has 0 aromatic carbocycles. The highest BCUT2D eigenvalue weighted by Gasteiger charge is 2.16. The van der Waals surface area contributed by atoms with E-state index in [2.05, 4.69) is 20.3 Å². The molecule has 0 aliphatic heterocycles. The number of carbonyl (C=O) groups is 1. The third kappa shape index (κ3) is 2.62. The second kappa shape index (κ2) is 4.82. The summed E-state index contributed by atoms with van der Waals surface area (Å²) in [5.74, 6) is 1.05. The second-order valence-electron chi connectivity index (χ2n) is 3.83. The highest BCUT2D eigenvalue weighted by molar-refractivity contribution is 5.92. The van der Waals surface area contributed by atoms with Crippen molar-refractivity contribution in [2.75, 3.05) is 5.73 Å². The van der Waals surface area contributed by atoms with Crippen LogP contribution in [0.15, 0.2) is 23.0 Å². The van der Waals surface area contributed by atoms with Gasteiger partial charge in [0.1, 0.15) is 23.3 Å². The molecule has 0 saturated carbocycles. The second-order valence-corrected chi connectivity index (χ2v) is 3.83. The molecule has 94 valence electrons. The standard InChI is InChI=1S/C11H13N5O2/c1-6-3-15-11(18-6)7(2)16-10(17)8-4-14-9(12)5-13-8/h3-5,7H,1-2H3,(H2,12,14)(H,16,17). The van der Waals surface area contributed by atoms with Gasteiger partial charge in [-0.05, 0) is 13.8 Å². The first-order chi connectivity index (χ1) is 8.56. The number of nitrogens with zero attached hydrogens (tertiary/aromatic N) is 3. The van der Waals surface area contributed by atoms with Crippen molar-refractivity contribution in [3.63, 3.8) is 0 Å². The van der Waals surface area contributed by atoms with Crippen molar-refractivity contribution in [2.24, 2.45) is 0 Å². The van der Waals surface area contributed by atoms with Crippen molar-refractivity contribution in [1.29, 1.82) is 0 Å². The van der Waals surface area contributed by atoms with Crippen LogP contribution in [0.3, 0.4) is 0 Å². The van der Waals surface area contributed by atoms with E-state index in [9.17, 15) is 4.79 Å². The average molecular weight is 247 g/mol. The van der Waals surface area contributed by atoms with Crippen LogP contribution in [-0.4, -0.2) is 20.9 Å². The van der Waals surface area contributed by atoms with E-state index in [1.165, 1.54) is 12.4 Å². The Balaban J connectivity index is 2.05. The smallest absolute Gasteiger partial charge is 0.272 e. The quantitative estimate of drug-likeness (QED) is 0.832. The summed E-state index contributed by atoms with van der Waals surface area (Å²) in [5, 5.41) is 2.71. The molecule has 1 amide bonds. The summed E-state index contributed by atoms with van der Waals surface area (Å²) in [6.07, 6.45) is 4.24. The number of carbonyl (C=O) groups excluding carboxylic acids is 1. The number of nitrogen functional groups attached to an aromatic ring is 1. The summed E-state index contributed by atoms with van der Waals surface area (Å²) >= 11 is 0. The lowest BCUT2D eigenvalue weighted by Crippen LogP contribution is -2.27. The van der Waals surface area contributed by atoms with Gasteiger partial charge >= 0.3 is 0 Å². The van der Waals surface area contributed by atoms with E-state index in [1.807, 2.05) is 0 Å². The van der Waals surface area contributed by atoms with Gasteiger partial charge in [0.25, 0.3) is 5.91 Å². The third-order valence-corrected chi connectivity index (χ3v) is 2.26. The molecular formula is C11H13N5O2. The van der Waals surface area contributed by atoms with Crippen LogP contribution >= 0.6 is 0 Å². The molecule has 18 heavy (non-hydrogen) atoms. The fourth-order valence-corrected chi connectivity index (χ4v) is 1.36. The van der Waals surface area contributed by atoms with Gasteiger partial charge < -0.3 is 15.5 Å². The summed E-state index contributed by atoms with van der Waals surface area (Å²) in [6, 6.07) is -0.342. The van der Waals surface area contributed by atoms with Crippen LogP contribution < -0.4 is 11.1 Å². The Hall–Kier alpha value is -2.44. The number of nitrogens with two attached hydrogens (primary N) is 1. The van der Waals surface area contributed by atoms with Crippen LogP contribution in [-0.2, 0) is 0 Å². The molecule has 2 heterocycles. The Morgan fingerprint density at radius 3 is 2.67 bits per heavy atom. The first kappa shape index (κ1) is 12.0. The maximum atomic E-state index is 11.8. The average Bonchev–Trinajstić information content (AvgIpc) is 2.76. The summed E-state index contributed by atoms with van der Waals surface area (Å²) in [7, 11) is 0. The Kier molecular flexibility index (Phi) is 3.22. The van der Waals surface area contributed by atoms with Crippen molar-refractivity contribution >= 4 is 11.7 Å². The molecule has 0 aliphatic rings. The van der Waals surface area contributed by atoms with Crippen molar-refractivity contribution in [2.45, 2.75) is 19.9 Å². The topological polar surface area (TPSA) is 107 Å². The summed E-state index contributed by atoms with van der Waals surface area (Å²) in [6.45, 7) is 3.56. The fourth-order valence-electron chi connectivity index (χ4n) is 1.36. The number of hydrogen-bond donors (Lipinski definition) is 2. The van der Waals surface area contributed by atoms with E-state index in [0.717, 1.165) is 0 Å². The fraction of sp³-hybridized carbons (Fsp3) is 0.273. The number of rotatable bonds is 3. The van der Waals surface area contributed by atoms with E-state index in [0.29, 0.717) is 11.7 Å². The minimum atomic E-state index is -0.356. The Labute approximate surface area is 103 Å².